The SMILES string of the molecule is C1CCC([C@@H]2NCCN3CCC[C@H]23)CC1. The van der Waals surface area contributed by atoms with Gasteiger partial charge < -0.3 is 5.32 Å². The van der Waals surface area contributed by atoms with Crippen LogP contribution in [0.2, 0.25) is 0 Å². The molecule has 3 fully saturated rings. The van der Waals surface area contributed by atoms with E-state index in [2.05, 4.69) is 10.2 Å². The van der Waals surface area contributed by atoms with Gasteiger partial charge in [-0.3, -0.25) is 4.90 Å². The molecule has 2 atom stereocenters. The van der Waals surface area contributed by atoms with Crippen LogP contribution >= 0.6 is 0 Å². The molecule has 2 saturated heterocycles. The van der Waals surface area contributed by atoms with Gasteiger partial charge in [-0.1, -0.05) is 19.3 Å². The third-order valence-corrected chi connectivity index (χ3v) is 4.77. The summed E-state index contributed by atoms with van der Waals surface area (Å²) in [7, 11) is 0. The predicted molar refractivity (Wildman–Crippen MR) is 63.0 cm³/mol. The van der Waals surface area contributed by atoms with Crippen molar-refractivity contribution in [2.45, 2.75) is 57.0 Å². The maximum atomic E-state index is 3.82. The summed E-state index contributed by atoms with van der Waals surface area (Å²) in [5.41, 5.74) is 0. The number of fused-ring (bicyclic) bond motifs is 1. The highest BCUT2D eigenvalue weighted by molar-refractivity contribution is 4.96. The van der Waals surface area contributed by atoms with Crippen LogP contribution in [0, 0.1) is 5.92 Å². The molecule has 2 heteroatoms. The Hall–Kier alpha value is -0.0800. The van der Waals surface area contributed by atoms with Crippen LogP contribution in [0.1, 0.15) is 44.9 Å². The van der Waals surface area contributed by atoms with E-state index in [1.54, 1.807) is 0 Å². The van der Waals surface area contributed by atoms with Gasteiger partial charge in [-0.05, 0) is 38.1 Å². The largest absolute Gasteiger partial charge is 0.311 e. The van der Waals surface area contributed by atoms with Crippen LogP contribution in [0.3, 0.4) is 0 Å². The zero-order valence-electron chi connectivity index (χ0n) is 9.75. The van der Waals surface area contributed by atoms with Crippen LogP contribution in [0.15, 0.2) is 0 Å². The first kappa shape index (κ1) is 10.1. The Labute approximate surface area is 93.4 Å². The molecule has 0 bridgehead atoms. The van der Waals surface area contributed by atoms with Crippen LogP contribution in [0.25, 0.3) is 0 Å². The maximum Gasteiger partial charge on any atom is 0.0253 e. The van der Waals surface area contributed by atoms with E-state index in [0.29, 0.717) is 0 Å². The molecular weight excluding hydrogens is 184 g/mol. The standard InChI is InChI=1S/C13H24N2/c1-2-5-11(6-3-1)13-12-7-4-9-15(12)10-8-14-13/h11-14H,1-10H2/t12-,13+/m1/s1. The highest BCUT2D eigenvalue weighted by Gasteiger charge is 2.38. The molecule has 3 aliphatic rings. The minimum atomic E-state index is 0.835. The number of hydrogen-bond donors (Lipinski definition) is 1. The van der Waals surface area contributed by atoms with E-state index >= 15 is 0 Å². The second-order valence-electron chi connectivity index (χ2n) is 5.62. The van der Waals surface area contributed by atoms with Gasteiger partial charge in [0.05, 0.1) is 0 Å². The van der Waals surface area contributed by atoms with E-state index < -0.39 is 0 Å². The van der Waals surface area contributed by atoms with Crippen molar-refractivity contribution in [2.24, 2.45) is 5.92 Å². The molecular formula is C13H24N2. The number of hydrogen-bond acceptors (Lipinski definition) is 2. The molecule has 0 aromatic heterocycles. The quantitative estimate of drug-likeness (QED) is 0.709. The Bertz CT molecular complexity index is 211. The number of nitrogens with zero attached hydrogens (tertiary/aromatic N) is 1. The van der Waals surface area contributed by atoms with Gasteiger partial charge in [0.2, 0.25) is 0 Å². The Kier molecular flexibility index (Phi) is 2.98. The van der Waals surface area contributed by atoms with Crippen molar-refractivity contribution in [3.8, 4) is 0 Å². The third kappa shape index (κ3) is 1.94. The van der Waals surface area contributed by atoms with Crippen molar-refractivity contribution in [3.63, 3.8) is 0 Å². The molecule has 2 aliphatic heterocycles. The van der Waals surface area contributed by atoms with Gasteiger partial charge in [0.15, 0.2) is 0 Å². The predicted octanol–water partition coefficient (Wildman–Crippen LogP) is 2.00. The molecule has 15 heavy (non-hydrogen) atoms. The Morgan fingerprint density at radius 2 is 1.73 bits per heavy atom. The van der Waals surface area contributed by atoms with Gasteiger partial charge in [0, 0.05) is 25.2 Å². The first-order valence-corrected chi connectivity index (χ1v) is 6.92. The Balaban J connectivity index is 1.67. The molecule has 1 aliphatic carbocycles. The number of rotatable bonds is 1. The molecule has 0 radical (unpaired) electrons. The highest BCUT2D eigenvalue weighted by Crippen LogP contribution is 2.33. The highest BCUT2D eigenvalue weighted by atomic mass is 15.2. The van der Waals surface area contributed by atoms with E-state index in [0.717, 1.165) is 18.0 Å². The lowest BCUT2D eigenvalue weighted by Crippen LogP contribution is -2.58. The summed E-state index contributed by atoms with van der Waals surface area (Å²) < 4.78 is 0. The van der Waals surface area contributed by atoms with Gasteiger partial charge in [-0.2, -0.15) is 0 Å². The van der Waals surface area contributed by atoms with Gasteiger partial charge in [-0.25, -0.2) is 0 Å². The van der Waals surface area contributed by atoms with Gasteiger partial charge in [-0.15, -0.1) is 0 Å². The second kappa shape index (κ2) is 4.42. The number of nitrogens with one attached hydrogen (secondary N) is 1. The second-order valence-corrected chi connectivity index (χ2v) is 5.62. The number of piperazine rings is 1. The topological polar surface area (TPSA) is 15.3 Å². The van der Waals surface area contributed by atoms with Crippen molar-refractivity contribution < 1.29 is 0 Å². The van der Waals surface area contributed by atoms with Gasteiger partial charge in [0.1, 0.15) is 0 Å². The van der Waals surface area contributed by atoms with Crippen LogP contribution in [0.5, 0.6) is 0 Å². The molecule has 0 spiro atoms. The van der Waals surface area contributed by atoms with Crippen molar-refractivity contribution in [2.75, 3.05) is 19.6 Å². The summed E-state index contributed by atoms with van der Waals surface area (Å²) in [5.74, 6) is 0.990. The van der Waals surface area contributed by atoms with Crippen LogP contribution in [0.4, 0.5) is 0 Å². The summed E-state index contributed by atoms with van der Waals surface area (Å²) >= 11 is 0. The first-order valence-electron chi connectivity index (χ1n) is 6.92. The first-order chi connectivity index (χ1) is 7.45. The summed E-state index contributed by atoms with van der Waals surface area (Å²) in [6, 6.07) is 1.73. The summed E-state index contributed by atoms with van der Waals surface area (Å²) in [4.78, 5) is 2.75. The van der Waals surface area contributed by atoms with Crippen molar-refractivity contribution in [1.82, 2.24) is 10.2 Å². The summed E-state index contributed by atoms with van der Waals surface area (Å²) in [5, 5.41) is 3.82. The molecule has 1 saturated carbocycles. The molecule has 2 heterocycles. The fourth-order valence-corrected chi connectivity index (χ4v) is 4.02. The molecule has 86 valence electrons. The van der Waals surface area contributed by atoms with Gasteiger partial charge >= 0.3 is 0 Å². The van der Waals surface area contributed by atoms with Crippen molar-refractivity contribution in [3.05, 3.63) is 0 Å². The lowest BCUT2D eigenvalue weighted by Gasteiger charge is -2.43. The molecule has 2 nitrogen and oxygen atoms in total. The molecule has 0 amide bonds. The van der Waals surface area contributed by atoms with E-state index in [-0.39, 0.29) is 0 Å². The summed E-state index contributed by atoms with van der Waals surface area (Å²) in [6.07, 6.45) is 10.3. The average molecular weight is 208 g/mol. The van der Waals surface area contributed by atoms with E-state index in [4.69, 9.17) is 0 Å². The van der Waals surface area contributed by atoms with E-state index in [9.17, 15) is 0 Å². The fraction of sp³-hybridized carbons (Fsp3) is 1.00. The minimum absolute atomic E-state index is 0.835. The normalized spacial score (nSPS) is 39.2. The lowest BCUT2D eigenvalue weighted by atomic mass is 9.80. The fourth-order valence-electron chi connectivity index (χ4n) is 4.02. The Morgan fingerprint density at radius 1 is 0.867 bits per heavy atom. The molecule has 0 aromatic rings. The maximum absolute atomic E-state index is 3.82. The molecule has 0 unspecified atom stereocenters. The van der Waals surface area contributed by atoms with Gasteiger partial charge in [0.25, 0.3) is 0 Å². The zero-order valence-corrected chi connectivity index (χ0v) is 9.75. The smallest absolute Gasteiger partial charge is 0.0253 e. The van der Waals surface area contributed by atoms with E-state index in [1.165, 1.54) is 64.6 Å². The van der Waals surface area contributed by atoms with Crippen molar-refractivity contribution in [1.29, 1.82) is 0 Å². The average Bonchev–Trinajstić information content (AvgIpc) is 2.78. The molecule has 0 aromatic carbocycles. The minimum Gasteiger partial charge on any atom is -0.311 e. The molecule has 3 rings (SSSR count). The zero-order chi connectivity index (χ0) is 10.1. The Morgan fingerprint density at radius 3 is 2.60 bits per heavy atom. The summed E-state index contributed by atoms with van der Waals surface area (Å²) in [6.45, 7) is 3.90. The van der Waals surface area contributed by atoms with Crippen LogP contribution < -0.4 is 5.32 Å². The monoisotopic (exact) mass is 208 g/mol. The third-order valence-electron chi connectivity index (χ3n) is 4.77. The van der Waals surface area contributed by atoms with Crippen molar-refractivity contribution >= 4 is 0 Å². The van der Waals surface area contributed by atoms with Crippen LogP contribution in [-0.4, -0.2) is 36.6 Å². The van der Waals surface area contributed by atoms with Crippen LogP contribution in [-0.2, 0) is 0 Å². The lowest BCUT2D eigenvalue weighted by molar-refractivity contribution is 0.110. The van der Waals surface area contributed by atoms with E-state index in [1.807, 2.05) is 0 Å². The molecule has 1 N–H and O–H groups in total.